The van der Waals surface area contributed by atoms with E-state index in [2.05, 4.69) is 47.0 Å². The fraction of sp³-hybridized carbons (Fsp3) is 0.533. The van der Waals surface area contributed by atoms with Crippen molar-refractivity contribution in [2.24, 2.45) is 5.92 Å². The van der Waals surface area contributed by atoms with Gasteiger partial charge in [0, 0.05) is 24.0 Å². The zero-order valence-electron chi connectivity index (χ0n) is 12.3. The van der Waals surface area contributed by atoms with Gasteiger partial charge in [-0.25, -0.2) is 15.8 Å². The summed E-state index contributed by atoms with van der Waals surface area (Å²) in [7, 11) is 2.15. The monoisotopic (exact) mass is 305 g/mol. The summed E-state index contributed by atoms with van der Waals surface area (Å²) >= 11 is 6.44. The van der Waals surface area contributed by atoms with E-state index in [0.717, 1.165) is 23.3 Å². The Morgan fingerprint density at radius 2 is 2.24 bits per heavy atom. The van der Waals surface area contributed by atoms with Crippen LogP contribution >= 0.6 is 11.6 Å². The van der Waals surface area contributed by atoms with Crippen molar-refractivity contribution in [1.82, 2.24) is 25.1 Å². The van der Waals surface area contributed by atoms with Gasteiger partial charge in [-0.1, -0.05) is 18.5 Å². The molecule has 3 heterocycles. The first-order valence-electron chi connectivity index (χ1n) is 7.41. The molecule has 1 saturated heterocycles. The maximum atomic E-state index is 6.44. The highest BCUT2D eigenvalue weighted by atomic mass is 35.5. The average molecular weight is 306 g/mol. The quantitative estimate of drug-likeness (QED) is 0.890. The summed E-state index contributed by atoms with van der Waals surface area (Å²) in [6.45, 7) is 3.18. The Bertz CT molecular complexity index is 676. The lowest BCUT2D eigenvalue weighted by Crippen LogP contribution is -2.58. The van der Waals surface area contributed by atoms with Crippen molar-refractivity contribution < 1.29 is 0 Å². The summed E-state index contributed by atoms with van der Waals surface area (Å²) in [4.78, 5) is 6.64. The van der Waals surface area contributed by atoms with E-state index in [9.17, 15) is 0 Å². The lowest BCUT2D eigenvalue weighted by atomic mass is 9.57. The summed E-state index contributed by atoms with van der Waals surface area (Å²) < 4.78 is 2.03. The molecule has 2 aromatic rings. The van der Waals surface area contributed by atoms with Gasteiger partial charge in [-0.3, -0.25) is 4.90 Å². The van der Waals surface area contributed by atoms with Crippen LogP contribution in [0.3, 0.4) is 0 Å². The third-order valence-corrected chi connectivity index (χ3v) is 5.25. The maximum Gasteiger partial charge on any atom is 0.155 e. The minimum Gasteiger partial charge on any atom is -0.306 e. The highest BCUT2D eigenvalue weighted by Gasteiger charge is 2.52. The van der Waals surface area contributed by atoms with Crippen LogP contribution in [0.25, 0.3) is 5.65 Å². The molecule has 2 N–H and O–H groups in total. The summed E-state index contributed by atoms with van der Waals surface area (Å²) in [5.41, 5.74) is 8.92. The van der Waals surface area contributed by atoms with Crippen molar-refractivity contribution in [2.45, 2.75) is 31.3 Å². The van der Waals surface area contributed by atoms with Crippen LogP contribution in [-0.4, -0.2) is 34.2 Å². The molecule has 21 heavy (non-hydrogen) atoms. The maximum absolute atomic E-state index is 6.44. The molecule has 112 valence electrons. The van der Waals surface area contributed by atoms with Crippen LogP contribution in [0, 0.1) is 5.92 Å². The second-order valence-corrected chi connectivity index (χ2v) is 6.95. The fourth-order valence-corrected chi connectivity index (χ4v) is 4.36. The van der Waals surface area contributed by atoms with Crippen molar-refractivity contribution in [3.05, 3.63) is 35.2 Å². The largest absolute Gasteiger partial charge is 0.306 e. The number of halogens is 1. The highest BCUT2D eigenvalue weighted by molar-refractivity contribution is 6.33. The lowest BCUT2D eigenvalue weighted by Gasteiger charge is -2.52. The molecule has 0 radical (unpaired) electrons. The van der Waals surface area contributed by atoms with E-state index in [1.165, 1.54) is 18.4 Å². The molecular weight excluding hydrogens is 286 g/mol. The van der Waals surface area contributed by atoms with Crippen LogP contribution < -0.4 is 10.9 Å². The number of rotatable bonds is 2. The van der Waals surface area contributed by atoms with Crippen molar-refractivity contribution in [3.8, 4) is 0 Å². The first kappa shape index (κ1) is 13.5. The third kappa shape index (κ3) is 1.92. The van der Waals surface area contributed by atoms with Crippen molar-refractivity contribution in [2.75, 3.05) is 13.7 Å². The second kappa shape index (κ2) is 4.68. The molecule has 0 aromatic carbocycles. The molecular formula is C15H20ClN5. The first-order valence-corrected chi connectivity index (χ1v) is 7.79. The van der Waals surface area contributed by atoms with Gasteiger partial charge in [-0.15, -0.1) is 0 Å². The van der Waals surface area contributed by atoms with E-state index in [1.54, 1.807) is 6.20 Å². The van der Waals surface area contributed by atoms with E-state index in [1.807, 2.05) is 10.6 Å². The summed E-state index contributed by atoms with van der Waals surface area (Å²) in [6, 6.07) is 2.10. The molecule has 1 aliphatic heterocycles. The molecule has 2 fully saturated rings. The summed E-state index contributed by atoms with van der Waals surface area (Å²) in [5.74, 6) is 0.748. The molecule has 6 heteroatoms. The predicted molar refractivity (Wildman–Crippen MR) is 83.0 cm³/mol. The molecule has 0 amide bonds. The molecule has 2 aromatic heterocycles. The van der Waals surface area contributed by atoms with Gasteiger partial charge in [-0.05, 0) is 37.4 Å². The van der Waals surface area contributed by atoms with Crippen LogP contribution in [-0.2, 0) is 5.41 Å². The SMILES string of the molecule is CC1CC(c2cc(Cl)c3nccn3c2)(C2NNCN2C)C1. The van der Waals surface area contributed by atoms with Crippen molar-refractivity contribution in [3.63, 3.8) is 0 Å². The Hall–Kier alpha value is -1.14. The molecule has 5 nitrogen and oxygen atoms in total. The topological polar surface area (TPSA) is 44.6 Å². The number of hydrogen-bond donors (Lipinski definition) is 2. The Balaban J connectivity index is 1.82. The number of nitrogens with one attached hydrogen (secondary N) is 2. The van der Waals surface area contributed by atoms with Gasteiger partial charge in [0.15, 0.2) is 5.65 Å². The van der Waals surface area contributed by atoms with Crippen LogP contribution in [0.5, 0.6) is 0 Å². The Labute approximate surface area is 129 Å². The minimum atomic E-state index is 0.111. The number of hydrazine groups is 1. The standard InChI is InChI=1S/C15H20ClN5/c1-10-6-15(7-10,14-19-18-9-20(14)2)11-5-12(16)13-17-3-4-21(13)8-11/h3-5,8,10,14,18-19H,6-7,9H2,1-2H3. The molecule has 1 saturated carbocycles. The molecule has 4 rings (SSSR count). The molecule has 0 spiro atoms. The minimum absolute atomic E-state index is 0.111. The Morgan fingerprint density at radius 1 is 1.43 bits per heavy atom. The molecule has 1 aliphatic carbocycles. The predicted octanol–water partition coefficient (Wildman–Crippen LogP) is 1.98. The summed E-state index contributed by atoms with van der Waals surface area (Å²) in [5, 5.41) is 0.727. The number of fused-ring (bicyclic) bond motifs is 1. The number of likely N-dealkylation sites (N-methyl/N-ethyl adjacent to an activating group) is 1. The number of nitrogens with zero attached hydrogens (tertiary/aromatic N) is 3. The smallest absolute Gasteiger partial charge is 0.155 e. The zero-order valence-corrected chi connectivity index (χ0v) is 13.1. The zero-order chi connectivity index (χ0) is 14.6. The number of aromatic nitrogens is 2. The lowest BCUT2D eigenvalue weighted by molar-refractivity contribution is 0.0520. The van der Waals surface area contributed by atoms with Gasteiger partial charge >= 0.3 is 0 Å². The normalized spacial score (nSPS) is 33.5. The number of pyridine rings is 1. The fourth-order valence-electron chi connectivity index (χ4n) is 4.09. The molecule has 1 atom stereocenters. The van der Waals surface area contributed by atoms with Gasteiger partial charge in [0.2, 0.25) is 0 Å². The van der Waals surface area contributed by atoms with E-state index in [0.29, 0.717) is 6.17 Å². The number of imidazole rings is 1. The van der Waals surface area contributed by atoms with Crippen molar-refractivity contribution >= 4 is 17.2 Å². The average Bonchev–Trinajstić information content (AvgIpc) is 3.03. The van der Waals surface area contributed by atoms with E-state index in [4.69, 9.17) is 11.6 Å². The highest BCUT2D eigenvalue weighted by Crippen LogP contribution is 2.51. The summed E-state index contributed by atoms with van der Waals surface area (Å²) in [6.07, 6.45) is 8.59. The van der Waals surface area contributed by atoms with Gasteiger partial charge in [0.05, 0.1) is 17.9 Å². The Morgan fingerprint density at radius 3 is 2.90 bits per heavy atom. The second-order valence-electron chi connectivity index (χ2n) is 6.54. The van der Waals surface area contributed by atoms with Gasteiger partial charge < -0.3 is 4.40 Å². The van der Waals surface area contributed by atoms with E-state index in [-0.39, 0.29) is 5.41 Å². The van der Waals surface area contributed by atoms with E-state index >= 15 is 0 Å². The molecule has 2 aliphatic rings. The third-order valence-electron chi connectivity index (χ3n) is 4.97. The van der Waals surface area contributed by atoms with Crippen LogP contribution in [0.4, 0.5) is 0 Å². The van der Waals surface area contributed by atoms with Gasteiger partial charge in [0.25, 0.3) is 0 Å². The van der Waals surface area contributed by atoms with Crippen LogP contribution in [0.2, 0.25) is 5.02 Å². The van der Waals surface area contributed by atoms with Crippen LogP contribution in [0.15, 0.2) is 24.7 Å². The number of hydrogen-bond acceptors (Lipinski definition) is 4. The van der Waals surface area contributed by atoms with E-state index < -0.39 is 0 Å². The van der Waals surface area contributed by atoms with Gasteiger partial charge in [0.1, 0.15) is 0 Å². The van der Waals surface area contributed by atoms with Crippen LogP contribution in [0.1, 0.15) is 25.3 Å². The Kier molecular flexibility index (Phi) is 3.01. The first-order chi connectivity index (χ1) is 10.1. The van der Waals surface area contributed by atoms with Gasteiger partial charge in [-0.2, -0.15) is 0 Å². The molecule has 0 bridgehead atoms. The molecule has 1 unspecified atom stereocenters. The van der Waals surface area contributed by atoms with Crippen molar-refractivity contribution in [1.29, 1.82) is 0 Å².